The number of phenols is 1. The summed E-state index contributed by atoms with van der Waals surface area (Å²) in [5.41, 5.74) is -1.50. The van der Waals surface area contributed by atoms with Crippen molar-refractivity contribution in [2.24, 2.45) is 28.8 Å². The first-order chi connectivity index (χ1) is 27.2. The van der Waals surface area contributed by atoms with Gasteiger partial charge in [-0.2, -0.15) is 0 Å². The molecule has 1 aromatic rings. The van der Waals surface area contributed by atoms with Crippen molar-refractivity contribution in [1.82, 2.24) is 9.80 Å². The second-order valence-electron chi connectivity index (χ2n) is 17.9. The van der Waals surface area contributed by atoms with Crippen LogP contribution in [0.3, 0.4) is 0 Å². The highest BCUT2D eigenvalue weighted by Gasteiger charge is 2.51. The summed E-state index contributed by atoms with van der Waals surface area (Å²) in [6.45, 7) is 16.3. The van der Waals surface area contributed by atoms with Crippen LogP contribution in [0.2, 0.25) is 0 Å². The summed E-state index contributed by atoms with van der Waals surface area (Å²) in [6.07, 6.45) is -1.67. The van der Waals surface area contributed by atoms with E-state index >= 15 is 0 Å². The van der Waals surface area contributed by atoms with Gasteiger partial charge in [-0.05, 0) is 118 Å². The van der Waals surface area contributed by atoms with Crippen molar-refractivity contribution in [2.75, 3.05) is 40.8 Å². The zero-order valence-electron chi connectivity index (χ0n) is 36.8. The molecule has 58 heavy (non-hydrogen) atoms. The van der Waals surface area contributed by atoms with E-state index in [9.17, 15) is 30.0 Å². The standard InChI is InChI=1S/C44H73N3O11/c1-12-35-44(8,53)39(51)28(4)36(45-58-33-16-14-22-47(25-33)21-13-15-31-17-19-32(48)20-18-31)26(2)24-43(7,54-11)40(29(5)37(49)30(6)41(52)56-35)57-42-38(50)34(46(9)10)23-27(3)55-42/h17-20,26-30,33-35,38-40,42,48,50-51,53H,12-16,21-25H2,1-11H3/b45-36+/t26-,27-,28+,29+,30-,33?,34+,35-,38-,39-,40-,42+,43-,44-/m1/s1. The summed E-state index contributed by atoms with van der Waals surface area (Å²) in [5, 5.41) is 49.8. The van der Waals surface area contributed by atoms with E-state index in [1.165, 1.54) is 26.5 Å². The number of aliphatic hydroxyl groups is 3. The molecule has 0 bridgehead atoms. The van der Waals surface area contributed by atoms with Crippen molar-refractivity contribution < 1.29 is 53.8 Å². The largest absolute Gasteiger partial charge is 0.508 e. The van der Waals surface area contributed by atoms with Crippen LogP contribution in [-0.2, 0) is 39.8 Å². The van der Waals surface area contributed by atoms with Crippen LogP contribution in [0.1, 0.15) is 99.5 Å². The molecular formula is C44H73N3O11. The molecule has 3 aliphatic rings. The number of piperidine rings is 1. The number of aryl methyl sites for hydroxylation is 1. The lowest BCUT2D eigenvalue weighted by atomic mass is 9.74. The summed E-state index contributed by atoms with van der Waals surface area (Å²) in [5.74, 6) is -4.42. The number of ketones is 1. The minimum absolute atomic E-state index is 0.178. The maximum absolute atomic E-state index is 14.3. The minimum Gasteiger partial charge on any atom is -0.508 e. The highest BCUT2D eigenvalue weighted by molar-refractivity contribution is 6.00. The molecule has 0 radical (unpaired) electrons. The second kappa shape index (κ2) is 20.7. The number of carbonyl (C=O) groups is 2. The minimum atomic E-state index is -1.91. The Kier molecular flexibility index (Phi) is 17.1. The number of nitrogens with zero attached hydrogens (tertiary/aromatic N) is 3. The lowest BCUT2D eigenvalue weighted by molar-refractivity contribution is -0.295. The predicted molar refractivity (Wildman–Crippen MR) is 220 cm³/mol. The number of aliphatic hydroxyl groups excluding tert-OH is 2. The molecule has 0 saturated carbocycles. The van der Waals surface area contributed by atoms with Gasteiger partial charge in [0.25, 0.3) is 0 Å². The molecule has 330 valence electrons. The third kappa shape index (κ3) is 11.6. The van der Waals surface area contributed by atoms with Gasteiger partial charge in [-0.3, -0.25) is 14.5 Å². The van der Waals surface area contributed by atoms with Crippen molar-refractivity contribution >= 4 is 17.5 Å². The highest BCUT2D eigenvalue weighted by atomic mass is 16.7. The highest BCUT2D eigenvalue weighted by Crippen LogP contribution is 2.39. The van der Waals surface area contributed by atoms with Gasteiger partial charge in [0.2, 0.25) is 0 Å². The number of hydrogen-bond acceptors (Lipinski definition) is 14. The predicted octanol–water partition coefficient (Wildman–Crippen LogP) is 4.33. The van der Waals surface area contributed by atoms with Crippen molar-refractivity contribution in [3.63, 3.8) is 0 Å². The lowest BCUT2D eigenvalue weighted by Gasteiger charge is -2.47. The van der Waals surface area contributed by atoms with Gasteiger partial charge in [0.05, 0.1) is 29.6 Å². The molecule has 0 aromatic heterocycles. The van der Waals surface area contributed by atoms with Crippen LogP contribution in [0.4, 0.5) is 0 Å². The number of benzene rings is 1. The number of aromatic hydroxyl groups is 1. The molecule has 3 aliphatic heterocycles. The van der Waals surface area contributed by atoms with Crippen LogP contribution in [0.15, 0.2) is 29.4 Å². The maximum Gasteiger partial charge on any atom is 0.316 e. The number of oxime groups is 1. The molecule has 3 fully saturated rings. The van der Waals surface area contributed by atoms with E-state index < -0.39 is 77.3 Å². The normalized spacial score (nSPS) is 39.7. The Hall–Kier alpha value is -2.69. The van der Waals surface area contributed by atoms with E-state index in [0.717, 1.165) is 38.8 Å². The van der Waals surface area contributed by atoms with E-state index in [1.807, 2.05) is 51.9 Å². The number of hydrogen-bond donors (Lipinski definition) is 4. The number of carbonyl (C=O) groups excluding carboxylic acids is 2. The molecule has 3 saturated heterocycles. The third-order valence-corrected chi connectivity index (χ3v) is 13.0. The van der Waals surface area contributed by atoms with Crippen LogP contribution < -0.4 is 0 Å². The molecule has 14 heteroatoms. The number of esters is 1. The fraction of sp³-hybridized carbons (Fsp3) is 0.795. The Bertz CT molecular complexity index is 1510. The van der Waals surface area contributed by atoms with Gasteiger partial charge in [0.1, 0.15) is 35.6 Å². The van der Waals surface area contributed by atoms with E-state index in [0.29, 0.717) is 18.7 Å². The molecule has 0 spiro atoms. The number of Topliss-reactive ketones (excluding diaryl/α,β-unsaturated/α-hetero) is 1. The average molecular weight is 820 g/mol. The van der Waals surface area contributed by atoms with Crippen molar-refractivity contribution in [1.29, 1.82) is 0 Å². The van der Waals surface area contributed by atoms with Crippen molar-refractivity contribution in [2.45, 2.75) is 160 Å². The molecule has 3 heterocycles. The quantitative estimate of drug-likeness (QED) is 0.141. The van der Waals surface area contributed by atoms with Crippen LogP contribution in [0, 0.1) is 23.7 Å². The fourth-order valence-corrected chi connectivity index (χ4v) is 9.22. The van der Waals surface area contributed by atoms with Gasteiger partial charge in [0, 0.05) is 37.5 Å². The summed E-state index contributed by atoms with van der Waals surface area (Å²) < 4.78 is 25.0. The van der Waals surface area contributed by atoms with Crippen LogP contribution >= 0.6 is 0 Å². The number of cyclic esters (lactones) is 1. The first-order valence-electron chi connectivity index (χ1n) is 21.3. The van der Waals surface area contributed by atoms with Gasteiger partial charge in [-0.15, -0.1) is 0 Å². The van der Waals surface area contributed by atoms with Gasteiger partial charge in [0.15, 0.2) is 12.1 Å². The number of likely N-dealkylation sites (N-methyl/N-ethyl adjacent to an activating group) is 1. The Balaban J connectivity index is 1.68. The van der Waals surface area contributed by atoms with Gasteiger partial charge < -0.3 is 49.1 Å². The molecule has 4 N–H and O–H groups in total. The van der Waals surface area contributed by atoms with Crippen LogP contribution in [-0.4, -0.2) is 149 Å². The topological polar surface area (TPSA) is 180 Å². The molecule has 14 nitrogen and oxygen atoms in total. The summed E-state index contributed by atoms with van der Waals surface area (Å²) in [4.78, 5) is 38.6. The first-order valence-corrected chi connectivity index (χ1v) is 21.3. The monoisotopic (exact) mass is 820 g/mol. The van der Waals surface area contributed by atoms with Crippen molar-refractivity contribution in [3.8, 4) is 5.75 Å². The van der Waals surface area contributed by atoms with Gasteiger partial charge in [-0.25, -0.2) is 0 Å². The van der Waals surface area contributed by atoms with Gasteiger partial charge in [-0.1, -0.05) is 45.0 Å². The summed E-state index contributed by atoms with van der Waals surface area (Å²) in [7, 11) is 5.30. The fourth-order valence-electron chi connectivity index (χ4n) is 9.22. The second-order valence-corrected chi connectivity index (χ2v) is 17.9. The van der Waals surface area contributed by atoms with Gasteiger partial charge >= 0.3 is 5.97 Å². The average Bonchev–Trinajstić information content (AvgIpc) is 3.18. The molecule has 0 amide bonds. The van der Waals surface area contributed by atoms with E-state index in [4.69, 9.17) is 28.9 Å². The van der Waals surface area contributed by atoms with E-state index in [1.54, 1.807) is 32.9 Å². The third-order valence-electron chi connectivity index (χ3n) is 13.0. The first kappa shape index (κ1) is 48.0. The number of phenolic OH excluding ortho intramolecular Hbond substituents is 1. The smallest absolute Gasteiger partial charge is 0.316 e. The Morgan fingerprint density at radius 3 is 2.33 bits per heavy atom. The van der Waals surface area contributed by atoms with E-state index in [2.05, 4.69) is 4.90 Å². The van der Waals surface area contributed by atoms with Crippen LogP contribution in [0.5, 0.6) is 5.75 Å². The SMILES string of the molecule is CC[C@H]1OC(=O)[C@H](C)C(=O)[C@H](C)[C@@H](O[C@@H]2O[C@H](C)C[C@H](N(C)C)[C@H]2O)[C@](C)(OC)C[C@@H](C)/C(=N\OC2CCCN(CCCc3ccc(O)cc3)C2)[C@H](C)[C@@H](O)[C@]1(C)O. The zero-order chi connectivity index (χ0) is 43.1. The molecule has 4 rings (SSSR count). The molecular weight excluding hydrogens is 746 g/mol. The number of methoxy groups -OCH3 is 1. The lowest BCUT2D eigenvalue weighted by Crippen LogP contribution is -2.60. The molecule has 0 aliphatic carbocycles. The Labute approximate surface area is 346 Å². The van der Waals surface area contributed by atoms with E-state index in [-0.39, 0.29) is 36.8 Å². The molecule has 14 atom stereocenters. The number of likely N-dealkylation sites (tertiary alicyclic amines) is 1. The zero-order valence-corrected chi connectivity index (χ0v) is 36.8. The summed E-state index contributed by atoms with van der Waals surface area (Å²) in [6, 6.07) is 7.02. The Morgan fingerprint density at radius 2 is 1.71 bits per heavy atom. The number of ether oxygens (including phenoxy) is 4. The molecule has 1 aromatic carbocycles. The summed E-state index contributed by atoms with van der Waals surface area (Å²) >= 11 is 0. The maximum atomic E-state index is 14.3. The van der Waals surface area contributed by atoms with Crippen LogP contribution in [0.25, 0.3) is 0 Å². The number of rotatable bonds is 11. The molecule has 1 unspecified atom stereocenters. The van der Waals surface area contributed by atoms with Crippen molar-refractivity contribution in [3.05, 3.63) is 29.8 Å². The Morgan fingerprint density at radius 1 is 1.03 bits per heavy atom.